The van der Waals surface area contributed by atoms with Crippen molar-refractivity contribution >= 4 is 52.5 Å². The van der Waals surface area contributed by atoms with Crippen molar-refractivity contribution in [3.8, 4) is 5.75 Å². The van der Waals surface area contributed by atoms with Crippen LogP contribution in [0.1, 0.15) is 40.8 Å². The van der Waals surface area contributed by atoms with E-state index in [4.69, 9.17) is 38.0 Å². The number of aromatic nitrogens is 3. The van der Waals surface area contributed by atoms with Gasteiger partial charge in [0.1, 0.15) is 18.4 Å². The predicted octanol–water partition coefficient (Wildman–Crippen LogP) is 9.00. The van der Waals surface area contributed by atoms with Crippen LogP contribution in [0.5, 0.6) is 5.75 Å². The summed E-state index contributed by atoms with van der Waals surface area (Å²) in [6.45, 7) is 6.21. The molecule has 1 unspecified atom stereocenters. The smallest absolute Gasteiger partial charge is 0.255 e. The molecule has 1 aromatic heterocycles. The van der Waals surface area contributed by atoms with Gasteiger partial charge in [-0.15, -0.1) is 5.10 Å². The second-order valence-electron chi connectivity index (χ2n) is 10.9. The standard InChI is InChI=1S/C35H31Cl2N5O2S/c1-21-9-16-30(22(2)17-21)39-33(43)31-23(3)38-34-40-35(45-20-24-7-5-4-6-8-24)41-42(34)32(31)25-11-14-28(15-12-25)44-19-26-10-13-27(36)18-29(26)37/h4-18,32H,19-20H2,1-3H3,(H,39,43)(H,38,40,41). The highest BCUT2D eigenvalue weighted by atomic mass is 35.5. The van der Waals surface area contributed by atoms with Crippen LogP contribution in [-0.4, -0.2) is 20.7 Å². The number of amides is 1. The summed E-state index contributed by atoms with van der Waals surface area (Å²) in [6, 6.07) is 28.7. The summed E-state index contributed by atoms with van der Waals surface area (Å²) < 4.78 is 7.82. The van der Waals surface area contributed by atoms with Gasteiger partial charge in [0.2, 0.25) is 11.1 Å². The van der Waals surface area contributed by atoms with Gasteiger partial charge in [0.25, 0.3) is 5.91 Å². The highest BCUT2D eigenvalue weighted by molar-refractivity contribution is 7.98. The molecule has 2 N–H and O–H groups in total. The van der Waals surface area contributed by atoms with E-state index in [-0.39, 0.29) is 5.91 Å². The average Bonchev–Trinajstić information content (AvgIpc) is 3.43. The van der Waals surface area contributed by atoms with Gasteiger partial charge < -0.3 is 15.4 Å². The third-order valence-electron chi connectivity index (χ3n) is 7.52. The summed E-state index contributed by atoms with van der Waals surface area (Å²) in [7, 11) is 0. The minimum atomic E-state index is -0.523. The van der Waals surface area contributed by atoms with E-state index >= 15 is 0 Å². The van der Waals surface area contributed by atoms with E-state index in [1.807, 2.05) is 81.4 Å². The molecule has 5 aromatic rings. The van der Waals surface area contributed by atoms with Crippen molar-refractivity contribution in [3.05, 3.63) is 140 Å². The number of fused-ring (bicyclic) bond motifs is 1. The number of aryl methyl sites for hydroxylation is 2. The van der Waals surface area contributed by atoms with Gasteiger partial charge in [0.05, 0.1) is 5.57 Å². The molecule has 1 aliphatic rings. The number of anilines is 2. The Bertz CT molecular complexity index is 1890. The SMILES string of the molecule is CC1=C(C(=O)Nc2ccc(C)cc2C)C(c2ccc(OCc3ccc(Cl)cc3Cl)cc2)n2nc(SCc3ccccc3)nc2N1. The van der Waals surface area contributed by atoms with Crippen LogP contribution in [0.4, 0.5) is 11.6 Å². The zero-order valence-corrected chi connectivity index (χ0v) is 27.3. The van der Waals surface area contributed by atoms with Crippen molar-refractivity contribution in [3.63, 3.8) is 0 Å². The molecule has 1 aliphatic heterocycles. The van der Waals surface area contributed by atoms with Gasteiger partial charge in [-0.1, -0.05) is 101 Å². The first-order chi connectivity index (χ1) is 21.7. The van der Waals surface area contributed by atoms with Crippen LogP contribution in [0.25, 0.3) is 0 Å². The number of thioether (sulfide) groups is 1. The largest absolute Gasteiger partial charge is 0.489 e. The molecule has 2 heterocycles. The molecule has 0 bridgehead atoms. The molecule has 7 nitrogen and oxygen atoms in total. The fourth-order valence-electron chi connectivity index (χ4n) is 5.21. The number of nitrogens with one attached hydrogen (secondary N) is 2. The van der Waals surface area contributed by atoms with Gasteiger partial charge in [0, 0.05) is 32.7 Å². The molecule has 0 saturated heterocycles. The lowest BCUT2D eigenvalue weighted by Crippen LogP contribution is -2.31. The first-order valence-electron chi connectivity index (χ1n) is 14.4. The Morgan fingerprint density at radius 3 is 2.49 bits per heavy atom. The summed E-state index contributed by atoms with van der Waals surface area (Å²) in [4.78, 5) is 18.8. The van der Waals surface area contributed by atoms with Crippen molar-refractivity contribution in [1.82, 2.24) is 14.8 Å². The summed E-state index contributed by atoms with van der Waals surface area (Å²) in [5, 5.41) is 13.1. The minimum Gasteiger partial charge on any atom is -0.489 e. The number of carbonyl (C=O) groups is 1. The Labute approximate surface area is 276 Å². The fourth-order valence-corrected chi connectivity index (χ4v) is 6.45. The second-order valence-corrected chi connectivity index (χ2v) is 12.7. The molecule has 1 atom stereocenters. The van der Waals surface area contributed by atoms with Crippen molar-refractivity contribution in [2.75, 3.05) is 10.6 Å². The van der Waals surface area contributed by atoms with Gasteiger partial charge in [-0.2, -0.15) is 4.98 Å². The number of benzene rings is 4. The molecule has 45 heavy (non-hydrogen) atoms. The van der Waals surface area contributed by atoms with E-state index in [1.165, 1.54) is 5.56 Å². The van der Waals surface area contributed by atoms with Crippen LogP contribution < -0.4 is 15.4 Å². The quantitative estimate of drug-likeness (QED) is 0.154. The molecule has 0 radical (unpaired) electrons. The van der Waals surface area contributed by atoms with E-state index in [0.717, 1.165) is 33.7 Å². The molecule has 1 amide bonds. The molecule has 6 rings (SSSR count). The molecule has 0 saturated carbocycles. The van der Waals surface area contributed by atoms with Crippen LogP contribution in [0, 0.1) is 13.8 Å². The second kappa shape index (κ2) is 13.4. The number of rotatable bonds is 9. The van der Waals surface area contributed by atoms with Crippen LogP contribution in [0.15, 0.2) is 107 Å². The van der Waals surface area contributed by atoms with Gasteiger partial charge in [0.15, 0.2) is 0 Å². The number of nitrogens with zero attached hydrogens (tertiary/aromatic N) is 3. The van der Waals surface area contributed by atoms with Gasteiger partial charge in [-0.25, -0.2) is 4.68 Å². The maximum atomic E-state index is 14.0. The first kappa shape index (κ1) is 30.8. The fraction of sp³-hybridized carbons (Fsp3) is 0.171. The topological polar surface area (TPSA) is 81.1 Å². The highest BCUT2D eigenvalue weighted by Crippen LogP contribution is 2.38. The van der Waals surface area contributed by atoms with Crippen LogP contribution >= 0.6 is 35.0 Å². The Morgan fingerprint density at radius 1 is 0.978 bits per heavy atom. The number of carbonyl (C=O) groups excluding carboxylic acids is 1. The Balaban J connectivity index is 1.30. The summed E-state index contributed by atoms with van der Waals surface area (Å²) in [5.41, 5.74) is 7.02. The molecule has 0 aliphatic carbocycles. The minimum absolute atomic E-state index is 0.214. The van der Waals surface area contributed by atoms with Crippen LogP contribution in [0.3, 0.4) is 0 Å². The summed E-state index contributed by atoms with van der Waals surface area (Å²) >= 11 is 13.9. The van der Waals surface area contributed by atoms with Crippen molar-refractivity contribution in [1.29, 1.82) is 0 Å². The zero-order valence-electron chi connectivity index (χ0n) is 25.0. The van der Waals surface area contributed by atoms with E-state index < -0.39 is 6.04 Å². The highest BCUT2D eigenvalue weighted by Gasteiger charge is 2.34. The Morgan fingerprint density at radius 2 is 1.76 bits per heavy atom. The Hall–Kier alpha value is -4.24. The zero-order chi connectivity index (χ0) is 31.5. The van der Waals surface area contributed by atoms with E-state index in [0.29, 0.717) is 44.8 Å². The maximum absolute atomic E-state index is 14.0. The monoisotopic (exact) mass is 655 g/mol. The predicted molar refractivity (Wildman–Crippen MR) is 182 cm³/mol. The van der Waals surface area contributed by atoms with E-state index in [9.17, 15) is 4.79 Å². The third kappa shape index (κ3) is 7.04. The average molecular weight is 657 g/mol. The van der Waals surface area contributed by atoms with Crippen molar-refractivity contribution in [2.24, 2.45) is 0 Å². The van der Waals surface area contributed by atoms with Gasteiger partial charge in [-0.05, 0) is 67.8 Å². The number of halogens is 2. The van der Waals surface area contributed by atoms with Crippen LogP contribution in [-0.2, 0) is 17.2 Å². The summed E-state index contributed by atoms with van der Waals surface area (Å²) in [5.74, 6) is 1.76. The lowest BCUT2D eigenvalue weighted by Gasteiger charge is -2.29. The Kier molecular flexibility index (Phi) is 9.16. The molecular formula is C35H31Cl2N5O2S. The van der Waals surface area contributed by atoms with E-state index in [1.54, 1.807) is 28.6 Å². The molecule has 4 aromatic carbocycles. The molecular weight excluding hydrogens is 625 g/mol. The van der Waals surface area contributed by atoms with E-state index in [2.05, 4.69) is 28.8 Å². The normalized spacial score (nSPS) is 14.1. The first-order valence-corrected chi connectivity index (χ1v) is 16.2. The molecule has 10 heteroatoms. The molecule has 228 valence electrons. The van der Waals surface area contributed by atoms with Crippen molar-refractivity contribution < 1.29 is 9.53 Å². The molecule has 0 fully saturated rings. The summed E-state index contributed by atoms with van der Waals surface area (Å²) in [6.07, 6.45) is 0. The number of hydrogen-bond acceptors (Lipinski definition) is 6. The van der Waals surface area contributed by atoms with Gasteiger partial charge in [-0.3, -0.25) is 4.79 Å². The molecule has 0 spiro atoms. The lowest BCUT2D eigenvalue weighted by atomic mass is 9.94. The third-order valence-corrected chi connectivity index (χ3v) is 9.02. The number of allylic oxidation sites excluding steroid dienone is 1. The van der Waals surface area contributed by atoms with Gasteiger partial charge >= 0.3 is 0 Å². The van der Waals surface area contributed by atoms with Crippen LogP contribution in [0.2, 0.25) is 10.0 Å². The number of hydrogen-bond donors (Lipinski definition) is 2. The van der Waals surface area contributed by atoms with Crippen molar-refractivity contribution in [2.45, 2.75) is 44.3 Å². The lowest BCUT2D eigenvalue weighted by molar-refractivity contribution is -0.113. The maximum Gasteiger partial charge on any atom is 0.255 e. The number of ether oxygens (including phenoxy) is 1.